The molecule has 2 aromatic rings. The molecule has 2 rings (SSSR count). The molecule has 0 radical (unpaired) electrons. The molecule has 0 aliphatic heterocycles. The molecule has 2 aromatic heterocycles. The minimum atomic E-state index is 0.228. The van der Waals surface area contributed by atoms with Crippen LogP contribution in [-0.4, -0.2) is 23.1 Å². The van der Waals surface area contributed by atoms with Crippen LogP contribution in [0.25, 0.3) is 11.1 Å². The number of nitrogens with one attached hydrogen (secondary N) is 1. The standard InChI is InChI=1S/C16H15N5O/c1-3-20-15-12(9-17)14(11-5-7-19-8-6-11)13(10-18)16(21-15)22-4-2/h5-8H,3-4H2,1-2H3,(H,20,21). The predicted octanol–water partition coefficient (Wildman–Crippen LogP) is 2.72. The van der Waals surface area contributed by atoms with Gasteiger partial charge in [-0.2, -0.15) is 15.5 Å². The first-order valence-electron chi connectivity index (χ1n) is 6.92. The van der Waals surface area contributed by atoms with Crippen molar-refractivity contribution in [2.45, 2.75) is 13.8 Å². The van der Waals surface area contributed by atoms with Crippen molar-refractivity contribution in [3.63, 3.8) is 0 Å². The summed E-state index contributed by atoms with van der Waals surface area (Å²) in [5.41, 5.74) is 1.83. The Hall–Kier alpha value is -3.12. The zero-order valence-corrected chi connectivity index (χ0v) is 12.4. The van der Waals surface area contributed by atoms with Crippen molar-refractivity contribution in [2.24, 2.45) is 0 Å². The van der Waals surface area contributed by atoms with Gasteiger partial charge in [-0.25, -0.2) is 0 Å². The van der Waals surface area contributed by atoms with Crippen molar-refractivity contribution in [2.75, 3.05) is 18.5 Å². The minimum Gasteiger partial charge on any atom is -0.477 e. The van der Waals surface area contributed by atoms with Crippen LogP contribution in [0.15, 0.2) is 24.5 Å². The highest BCUT2D eigenvalue weighted by atomic mass is 16.5. The summed E-state index contributed by atoms with van der Waals surface area (Å²) >= 11 is 0. The van der Waals surface area contributed by atoms with Gasteiger partial charge in [-0.3, -0.25) is 4.98 Å². The lowest BCUT2D eigenvalue weighted by atomic mass is 9.97. The van der Waals surface area contributed by atoms with Gasteiger partial charge in [0.2, 0.25) is 5.88 Å². The molecule has 0 aromatic carbocycles. The molecule has 0 unspecified atom stereocenters. The Morgan fingerprint density at radius 1 is 1.14 bits per heavy atom. The van der Waals surface area contributed by atoms with Gasteiger partial charge in [0.05, 0.1) is 6.61 Å². The number of ether oxygens (including phenoxy) is 1. The molecule has 2 heterocycles. The topological polar surface area (TPSA) is 94.6 Å². The van der Waals surface area contributed by atoms with Crippen molar-refractivity contribution >= 4 is 5.82 Å². The SMILES string of the molecule is CCNc1nc(OCC)c(C#N)c(-c2ccncc2)c1C#N. The van der Waals surface area contributed by atoms with Crippen molar-refractivity contribution < 1.29 is 4.74 Å². The van der Waals surface area contributed by atoms with Crippen LogP contribution in [0.5, 0.6) is 5.88 Å². The van der Waals surface area contributed by atoms with E-state index in [1.54, 1.807) is 24.5 Å². The number of rotatable bonds is 5. The molecule has 0 saturated carbocycles. The van der Waals surface area contributed by atoms with E-state index < -0.39 is 0 Å². The zero-order valence-electron chi connectivity index (χ0n) is 12.4. The molecular formula is C16H15N5O. The maximum Gasteiger partial charge on any atom is 0.234 e. The average Bonchev–Trinajstić information content (AvgIpc) is 2.55. The second kappa shape index (κ2) is 7.05. The lowest BCUT2D eigenvalue weighted by Gasteiger charge is -2.15. The fourth-order valence-corrected chi connectivity index (χ4v) is 2.12. The van der Waals surface area contributed by atoms with E-state index >= 15 is 0 Å². The Morgan fingerprint density at radius 3 is 2.36 bits per heavy atom. The number of hydrogen-bond donors (Lipinski definition) is 1. The number of hydrogen-bond acceptors (Lipinski definition) is 6. The Bertz CT molecular complexity index is 702. The Labute approximate surface area is 129 Å². The van der Waals surface area contributed by atoms with Crippen LogP contribution in [0.3, 0.4) is 0 Å². The molecule has 0 spiro atoms. The molecule has 22 heavy (non-hydrogen) atoms. The minimum absolute atomic E-state index is 0.228. The highest BCUT2D eigenvalue weighted by Gasteiger charge is 2.21. The number of pyridine rings is 2. The van der Waals surface area contributed by atoms with Gasteiger partial charge in [-0.15, -0.1) is 0 Å². The van der Waals surface area contributed by atoms with Crippen molar-refractivity contribution in [3.8, 4) is 29.1 Å². The van der Waals surface area contributed by atoms with E-state index in [9.17, 15) is 10.5 Å². The molecule has 0 fully saturated rings. The normalized spacial score (nSPS) is 9.64. The van der Waals surface area contributed by atoms with E-state index in [4.69, 9.17) is 4.74 Å². The molecule has 0 amide bonds. The maximum absolute atomic E-state index is 9.53. The average molecular weight is 293 g/mol. The fourth-order valence-electron chi connectivity index (χ4n) is 2.12. The summed E-state index contributed by atoms with van der Waals surface area (Å²) in [7, 11) is 0. The lowest BCUT2D eigenvalue weighted by molar-refractivity contribution is 0.326. The van der Waals surface area contributed by atoms with Crippen LogP contribution in [0.1, 0.15) is 25.0 Å². The summed E-state index contributed by atoms with van der Waals surface area (Å²) in [6.45, 7) is 4.72. The van der Waals surface area contributed by atoms with Crippen LogP contribution in [0, 0.1) is 22.7 Å². The van der Waals surface area contributed by atoms with Crippen molar-refractivity contribution in [1.82, 2.24) is 9.97 Å². The lowest BCUT2D eigenvalue weighted by Crippen LogP contribution is -2.08. The number of nitrogens with zero attached hydrogens (tertiary/aromatic N) is 4. The van der Waals surface area contributed by atoms with Crippen LogP contribution in [-0.2, 0) is 0 Å². The number of anilines is 1. The van der Waals surface area contributed by atoms with E-state index in [1.807, 2.05) is 13.8 Å². The van der Waals surface area contributed by atoms with Crippen molar-refractivity contribution in [1.29, 1.82) is 10.5 Å². The second-order valence-corrected chi connectivity index (χ2v) is 4.31. The van der Waals surface area contributed by atoms with Crippen molar-refractivity contribution in [3.05, 3.63) is 35.7 Å². The molecule has 0 aliphatic carbocycles. The third-order valence-electron chi connectivity index (χ3n) is 2.98. The van der Waals surface area contributed by atoms with Crippen LogP contribution in [0.2, 0.25) is 0 Å². The monoisotopic (exact) mass is 293 g/mol. The molecule has 1 N–H and O–H groups in total. The van der Waals surface area contributed by atoms with Gasteiger partial charge in [0, 0.05) is 24.5 Å². The summed E-state index contributed by atoms with van der Waals surface area (Å²) < 4.78 is 5.48. The smallest absolute Gasteiger partial charge is 0.234 e. The van der Waals surface area contributed by atoms with E-state index in [-0.39, 0.29) is 11.4 Å². The van der Waals surface area contributed by atoms with E-state index in [0.29, 0.717) is 30.1 Å². The van der Waals surface area contributed by atoms with Gasteiger partial charge in [0.25, 0.3) is 0 Å². The maximum atomic E-state index is 9.53. The molecule has 0 saturated heterocycles. The number of aromatic nitrogens is 2. The molecule has 6 heteroatoms. The van der Waals surface area contributed by atoms with Gasteiger partial charge < -0.3 is 10.1 Å². The highest BCUT2D eigenvalue weighted by Crippen LogP contribution is 2.35. The van der Waals surface area contributed by atoms with Crippen LogP contribution in [0.4, 0.5) is 5.82 Å². The Morgan fingerprint density at radius 2 is 1.82 bits per heavy atom. The van der Waals surface area contributed by atoms with Crippen LogP contribution < -0.4 is 10.1 Å². The van der Waals surface area contributed by atoms with Crippen LogP contribution >= 0.6 is 0 Å². The summed E-state index contributed by atoms with van der Waals surface area (Å²) in [4.78, 5) is 8.26. The molecule has 0 bridgehead atoms. The van der Waals surface area contributed by atoms with Gasteiger partial charge in [0.15, 0.2) is 0 Å². The first kappa shape index (κ1) is 15.3. The van der Waals surface area contributed by atoms with E-state index in [0.717, 1.165) is 5.56 Å². The Balaban J connectivity index is 2.82. The van der Waals surface area contributed by atoms with Gasteiger partial charge in [0.1, 0.15) is 29.1 Å². The molecule has 0 aliphatic rings. The molecule has 110 valence electrons. The summed E-state index contributed by atoms with van der Waals surface area (Å²) in [5, 5.41) is 22.1. The summed E-state index contributed by atoms with van der Waals surface area (Å²) in [6, 6.07) is 7.75. The van der Waals surface area contributed by atoms with E-state index in [1.165, 1.54) is 0 Å². The summed E-state index contributed by atoms with van der Waals surface area (Å²) in [6.07, 6.45) is 3.23. The largest absolute Gasteiger partial charge is 0.477 e. The van der Waals surface area contributed by atoms with E-state index in [2.05, 4.69) is 27.4 Å². The summed E-state index contributed by atoms with van der Waals surface area (Å²) in [5.74, 6) is 0.644. The van der Waals surface area contributed by atoms with Gasteiger partial charge >= 0.3 is 0 Å². The van der Waals surface area contributed by atoms with Gasteiger partial charge in [-0.1, -0.05) is 0 Å². The third-order valence-corrected chi connectivity index (χ3v) is 2.98. The second-order valence-electron chi connectivity index (χ2n) is 4.31. The third kappa shape index (κ3) is 2.82. The first-order chi connectivity index (χ1) is 10.8. The molecule has 0 atom stereocenters. The fraction of sp³-hybridized carbons (Fsp3) is 0.250. The number of nitriles is 2. The quantitative estimate of drug-likeness (QED) is 0.910. The zero-order chi connectivity index (χ0) is 15.9. The van der Waals surface area contributed by atoms with Gasteiger partial charge in [-0.05, 0) is 31.5 Å². The first-order valence-corrected chi connectivity index (χ1v) is 6.92. The Kier molecular flexibility index (Phi) is 4.89. The molecular weight excluding hydrogens is 278 g/mol. The molecule has 6 nitrogen and oxygen atoms in total. The highest BCUT2D eigenvalue weighted by molar-refractivity contribution is 5.82. The predicted molar refractivity (Wildman–Crippen MR) is 82.2 cm³/mol.